The van der Waals surface area contributed by atoms with Gasteiger partial charge in [-0.1, -0.05) is 29.3 Å². The van der Waals surface area contributed by atoms with Gasteiger partial charge in [0.1, 0.15) is 0 Å². The SMILES string of the molecule is Nc1ccc(C(=O)ON2C(=O)c3cccc4cccc(c34)C2=O)cc1. The number of carbonyl (C=O) groups is 3. The number of hydrogen-bond donors (Lipinski definition) is 1. The Hall–Kier alpha value is -3.67. The predicted octanol–water partition coefficient (Wildman–Crippen LogP) is 2.79. The number of nitrogen functional groups attached to an aromatic ring is 1. The van der Waals surface area contributed by atoms with Crippen LogP contribution in [-0.2, 0) is 4.84 Å². The van der Waals surface area contributed by atoms with Gasteiger partial charge < -0.3 is 10.6 Å². The summed E-state index contributed by atoms with van der Waals surface area (Å²) in [5.41, 5.74) is 6.89. The van der Waals surface area contributed by atoms with Crippen LogP contribution in [0.15, 0.2) is 60.7 Å². The third-order valence-corrected chi connectivity index (χ3v) is 4.06. The first-order valence-electron chi connectivity index (χ1n) is 7.54. The van der Waals surface area contributed by atoms with Gasteiger partial charge in [-0.15, -0.1) is 0 Å². The molecule has 0 saturated heterocycles. The van der Waals surface area contributed by atoms with E-state index in [2.05, 4.69) is 0 Å². The smallest absolute Gasteiger partial charge is 0.363 e. The van der Waals surface area contributed by atoms with Gasteiger partial charge in [0, 0.05) is 11.1 Å². The standard InChI is InChI=1S/C19H12N2O4/c20-13-9-7-12(8-10-13)19(24)25-21-17(22)14-5-1-3-11-4-2-6-15(16(11)14)18(21)23/h1-10H,20H2. The third-order valence-electron chi connectivity index (χ3n) is 4.06. The normalized spacial score (nSPS) is 13.2. The number of benzene rings is 3. The second-order valence-corrected chi connectivity index (χ2v) is 5.61. The molecule has 0 spiro atoms. The van der Waals surface area contributed by atoms with Gasteiger partial charge in [-0.3, -0.25) is 9.59 Å². The molecule has 0 atom stereocenters. The summed E-state index contributed by atoms with van der Waals surface area (Å²) in [4.78, 5) is 42.6. The molecule has 1 aliphatic heterocycles. The van der Waals surface area contributed by atoms with Gasteiger partial charge >= 0.3 is 5.97 Å². The molecule has 3 aromatic rings. The Kier molecular flexibility index (Phi) is 3.25. The van der Waals surface area contributed by atoms with E-state index in [0.29, 0.717) is 27.3 Å². The minimum absolute atomic E-state index is 0.187. The molecule has 1 aliphatic rings. The van der Waals surface area contributed by atoms with Crippen molar-refractivity contribution >= 4 is 34.2 Å². The van der Waals surface area contributed by atoms with Crippen LogP contribution in [-0.4, -0.2) is 22.8 Å². The predicted molar refractivity (Wildman–Crippen MR) is 90.7 cm³/mol. The van der Waals surface area contributed by atoms with Crippen LogP contribution >= 0.6 is 0 Å². The van der Waals surface area contributed by atoms with E-state index in [1.54, 1.807) is 24.3 Å². The molecule has 0 saturated carbocycles. The summed E-state index contributed by atoms with van der Waals surface area (Å²) in [6.45, 7) is 0. The molecule has 25 heavy (non-hydrogen) atoms. The molecular weight excluding hydrogens is 320 g/mol. The molecule has 4 rings (SSSR count). The lowest BCUT2D eigenvalue weighted by molar-refractivity contribution is -0.0620. The minimum atomic E-state index is -0.812. The summed E-state index contributed by atoms with van der Waals surface area (Å²) >= 11 is 0. The molecule has 0 unspecified atom stereocenters. The van der Waals surface area contributed by atoms with Crippen LogP contribution in [0.2, 0.25) is 0 Å². The zero-order valence-corrected chi connectivity index (χ0v) is 12.9. The van der Waals surface area contributed by atoms with E-state index in [-0.39, 0.29) is 5.56 Å². The van der Waals surface area contributed by atoms with E-state index >= 15 is 0 Å². The van der Waals surface area contributed by atoms with Gasteiger partial charge in [-0.2, -0.15) is 0 Å². The number of anilines is 1. The van der Waals surface area contributed by atoms with Crippen LogP contribution in [0.25, 0.3) is 10.8 Å². The quantitative estimate of drug-likeness (QED) is 0.576. The number of nitrogens with two attached hydrogens (primary N) is 1. The highest BCUT2D eigenvalue weighted by Gasteiger charge is 2.36. The first-order valence-corrected chi connectivity index (χ1v) is 7.54. The highest BCUT2D eigenvalue weighted by molar-refractivity contribution is 6.25. The Bertz CT molecular complexity index is 990. The van der Waals surface area contributed by atoms with Crippen molar-refractivity contribution in [1.29, 1.82) is 0 Å². The maximum Gasteiger partial charge on any atom is 0.363 e. The Balaban J connectivity index is 1.73. The summed E-state index contributed by atoms with van der Waals surface area (Å²) in [6, 6.07) is 16.3. The number of imide groups is 1. The van der Waals surface area contributed by atoms with Crippen LogP contribution < -0.4 is 5.73 Å². The second-order valence-electron chi connectivity index (χ2n) is 5.61. The average molecular weight is 332 g/mol. The van der Waals surface area contributed by atoms with Gasteiger partial charge in [0.15, 0.2) is 0 Å². The molecule has 0 radical (unpaired) electrons. The fourth-order valence-corrected chi connectivity index (χ4v) is 2.85. The lowest BCUT2D eigenvalue weighted by Crippen LogP contribution is -2.41. The molecule has 6 heteroatoms. The van der Waals surface area contributed by atoms with Crippen LogP contribution in [0, 0.1) is 0 Å². The van der Waals surface area contributed by atoms with E-state index in [4.69, 9.17) is 10.6 Å². The maximum atomic E-state index is 12.6. The summed E-state index contributed by atoms with van der Waals surface area (Å²) in [5, 5.41) is 1.86. The maximum absolute atomic E-state index is 12.6. The van der Waals surface area contributed by atoms with E-state index in [9.17, 15) is 14.4 Å². The molecule has 2 N–H and O–H groups in total. The first-order chi connectivity index (χ1) is 12.1. The number of nitrogens with zero attached hydrogens (tertiary/aromatic N) is 1. The number of hydroxylamine groups is 2. The van der Waals surface area contributed by atoms with Gasteiger partial charge in [-0.25, -0.2) is 4.79 Å². The van der Waals surface area contributed by atoms with Gasteiger partial charge in [-0.05, 0) is 41.8 Å². The van der Waals surface area contributed by atoms with Gasteiger partial charge in [0.2, 0.25) is 0 Å². The number of carbonyl (C=O) groups excluding carboxylic acids is 3. The van der Waals surface area contributed by atoms with Crippen molar-refractivity contribution in [2.45, 2.75) is 0 Å². The number of amides is 2. The Morgan fingerprint density at radius 2 is 1.40 bits per heavy atom. The lowest BCUT2D eigenvalue weighted by Gasteiger charge is -2.25. The van der Waals surface area contributed by atoms with Crippen molar-refractivity contribution in [1.82, 2.24) is 5.06 Å². The fraction of sp³-hybridized carbons (Fsp3) is 0. The number of hydrogen-bond acceptors (Lipinski definition) is 5. The van der Waals surface area contributed by atoms with E-state index < -0.39 is 17.8 Å². The van der Waals surface area contributed by atoms with E-state index in [0.717, 1.165) is 5.39 Å². The van der Waals surface area contributed by atoms with Crippen molar-refractivity contribution in [3.63, 3.8) is 0 Å². The van der Waals surface area contributed by atoms with Crippen LogP contribution in [0.1, 0.15) is 31.1 Å². The minimum Gasteiger partial charge on any atom is -0.399 e. The molecule has 0 fully saturated rings. The Morgan fingerprint density at radius 1 is 0.840 bits per heavy atom. The summed E-state index contributed by atoms with van der Waals surface area (Å²) in [6.07, 6.45) is 0. The van der Waals surface area contributed by atoms with Crippen LogP contribution in [0.5, 0.6) is 0 Å². The summed E-state index contributed by atoms with van der Waals surface area (Å²) in [5.74, 6) is -2.15. The summed E-state index contributed by atoms with van der Waals surface area (Å²) < 4.78 is 0. The first kappa shape index (κ1) is 14.9. The highest BCUT2D eigenvalue weighted by Crippen LogP contribution is 2.30. The van der Waals surface area contributed by atoms with Crippen LogP contribution in [0.3, 0.4) is 0 Å². The molecule has 2 amide bonds. The Morgan fingerprint density at radius 3 is 1.96 bits per heavy atom. The molecule has 0 aromatic heterocycles. The third kappa shape index (κ3) is 2.31. The van der Waals surface area contributed by atoms with Crippen molar-refractivity contribution in [3.8, 4) is 0 Å². The molecular formula is C19H12N2O4. The summed E-state index contributed by atoms with van der Waals surface area (Å²) in [7, 11) is 0. The van der Waals surface area contributed by atoms with Crippen molar-refractivity contribution in [2.24, 2.45) is 0 Å². The Labute approximate surface area is 142 Å². The van der Waals surface area contributed by atoms with E-state index in [1.807, 2.05) is 12.1 Å². The van der Waals surface area contributed by atoms with Crippen LogP contribution in [0.4, 0.5) is 5.69 Å². The molecule has 3 aromatic carbocycles. The zero-order valence-electron chi connectivity index (χ0n) is 12.9. The monoisotopic (exact) mass is 332 g/mol. The fourth-order valence-electron chi connectivity index (χ4n) is 2.85. The molecule has 0 aliphatic carbocycles. The topological polar surface area (TPSA) is 89.7 Å². The average Bonchev–Trinajstić information content (AvgIpc) is 2.63. The van der Waals surface area contributed by atoms with Crippen molar-refractivity contribution < 1.29 is 19.2 Å². The molecule has 122 valence electrons. The molecule has 6 nitrogen and oxygen atoms in total. The largest absolute Gasteiger partial charge is 0.399 e. The van der Waals surface area contributed by atoms with E-state index in [1.165, 1.54) is 24.3 Å². The van der Waals surface area contributed by atoms with Gasteiger partial charge in [0.25, 0.3) is 11.8 Å². The molecule has 1 heterocycles. The highest BCUT2D eigenvalue weighted by atomic mass is 16.7. The van der Waals surface area contributed by atoms with Gasteiger partial charge in [0.05, 0.1) is 16.7 Å². The lowest BCUT2D eigenvalue weighted by atomic mass is 9.95. The second kappa shape index (κ2) is 5.45. The molecule has 0 bridgehead atoms. The van der Waals surface area contributed by atoms with Crippen molar-refractivity contribution in [3.05, 3.63) is 77.4 Å². The number of rotatable bonds is 2. The van der Waals surface area contributed by atoms with Crippen molar-refractivity contribution in [2.75, 3.05) is 5.73 Å². The zero-order chi connectivity index (χ0) is 17.6.